The van der Waals surface area contributed by atoms with Gasteiger partial charge in [-0.15, -0.1) is 0 Å². The van der Waals surface area contributed by atoms with Gasteiger partial charge in [0.2, 0.25) is 0 Å². The normalized spacial score (nSPS) is 8.06. The van der Waals surface area contributed by atoms with Gasteiger partial charge in [-0.2, -0.15) is 5.53 Å². The van der Waals surface area contributed by atoms with Crippen molar-refractivity contribution in [3.8, 4) is 0 Å². The number of aliphatic hydroxyl groups is 3. The van der Waals surface area contributed by atoms with Gasteiger partial charge in [0.15, 0.2) is 0 Å². The van der Waals surface area contributed by atoms with Crippen molar-refractivity contribution in [3.63, 3.8) is 0 Å². The average Bonchev–Trinajstić information content (AvgIpc) is 3.04. The number of esters is 1. The monoisotopic (exact) mass is 872 g/mol. The molecular weight excluding hydrogens is 827 g/mol. The molecule has 0 aliphatic heterocycles. The van der Waals surface area contributed by atoms with E-state index in [0.29, 0.717) is 0 Å². The van der Waals surface area contributed by atoms with Crippen LogP contribution in [0.4, 0.5) is 12.9 Å². The first-order valence-electron chi connectivity index (χ1n) is 13.8. The molecular formula is C34H45BF4Fe4N2O5. The van der Waals surface area contributed by atoms with Gasteiger partial charge >= 0.3 is 13.5 Å². The van der Waals surface area contributed by atoms with E-state index in [1.54, 1.807) is 0 Å². The molecule has 0 saturated heterocycles. The molecule has 284 valence electrons. The zero-order valence-electron chi connectivity index (χ0n) is 28.3. The number of aryl methyl sites for hydroxylation is 5. The van der Waals surface area contributed by atoms with Crippen molar-refractivity contribution in [1.29, 1.82) is 5.53 Å². The standard InChI is InChI=1S/C10H12O3.2C8H10O.C8H10.BF3.FH.4Fe.H2N2/c1-8-2-4-9(5-3-8)7-13-10(12)6-11;2*1-7-2-4-8(6-9)5-3-7;1-7-3-5-8(2)6-4-7;2-1(3)4;;;;;;1-2/h2-5,11H,6-7H2,1H3;2*2-5,9H,6H2,1H3;3-6H,1-2H3;;1H;;;;;1-2H. The summed E-state index contributed by atoms with van der Waals surface area (Å²) in [5.41, 5.74) is 18.1. The van der Waals surface area contributed by atoms with Crippen molar-refractivity contribution in [1.82, 2.24) is 0 Å². The Morgan fingerprint density at radius 1 is 0.560 bits per heavy atom. The van der Waals surface area contributed by atoms with Crippen LogP contribution in [-0.4, -0.2) is 35.4 Å². The van der Waals surface area contributed by atoms with Gasteiger partial charge in [-0.1, -0.05) is 130 Å². The first-order chi connectivity index (χ1) is 21.4. The molecule has 0 aliphatic rings. The van der Waals surface area contributed by atoms with Crippen LogP contribution in [0.2, 0.25) is 0 Å². The topological polar surface area (TPSA) is 136 Å². The molecule has 0 fully saturated rings. The molecule has 0 aromatic heterocycles. The van der Waals surface area contributed by atoms with Gasteiger partial charge in [0, 0.05) is 68.3 Å². The Bertz CT molecular complexity index is 1230. The van der Waals surface area contributed by atoms with E-state index in [9.17, 15) is 17.7 Å². The van der Waals surface area contributed by atoms with Gasteiger partial charge in [-0.25, -0.2) is 4.79 Å². The van der Waals surface area contributed by atoms with E-state index in [1.807, 2.05) is 93.6 Å². The van der Waals surface area contributed by atoms with E-state index in [0.717, 1.165) is 22.3 Å². The Morgan fingerprint density at radius 3 is 0.960 bits per heavy atom. The summed E-state index contributed by atoms with van der Waals surface area (Å²) < 4.78 is 33.7. The number of halogens is 4. The molecule has 50 heavy (non-hydrogen) atoms. The fraction of sp³-hybridized carbons (Fsp3) is 0.265. The molecule has 16 heteroatoms. The smallest absolute Gasteiger partial charge is 0.762 e. The molecule has 7 nitrogen and oxygen atoms in total. The van der Waals surface area contributed by atoms with E-state index < -0.39 is 20.1 Å². The van der Waals surface area contributed by atoms with Crippen molar-refractivity contribution < 1.29 is 116 Å². The molecule has 0 radical (unpaired) electrons. The minimum atomic E-state index is -3.67. The first-order valence-corrected chi connectivity index (χ1v) is 13.8. The van der Waals surface area contributed by atoms with Gasteiger partial charge in [-0.3, -0.25) is 12.9 Å². The van der Waals surface area contributed by atoms with Crippen molar-refractivity contribution in [2.24, 2.45) is 0 Å². The second-order valence-electron chi connectivity index (χ2n) is 9.49. The minimum absolute atomic E-state index is 0. The van der Waals surface area contributed by atoms with Crippen LogP contribution in [0.25, 0.3) is 0 Å². The Balaban J connectivity index is -0.0000000918. The van der Waals surface area contributed by atoms with Gasteiger partial charge in [0.05, 0.1) is 13.2 Å². The molecule has 0 bridgehead atoms. The van der Waals surface area contributed by atoms with Crippen LogP contribution in [-0.2, 0) is 97.6 Å². The van der Waals surface area contributed by atoms with Crippen molar-refractivity contribution in [2.45, 2.75) is 54.4 Å². The van der Waals surface area contributed by atoms with Crippen LogP contribution in [0.15, 0.2) is 97.1 Å². The van der Waals surface area contributed by atoms with E-state index in [1.165, 1.54) is 22.3 Å². The number of hydrogen-bond donors (Lipinski definition) is 5. The number of benzene rings is 4. The molecule has 6 N–H and O–H groups in total. The van der Waals surface area contributed by atoms with Crippen molar-refractivity contribution in [3.05, 3.63) is 142 Å². The third kappa shape index (κ3) is 38.5. The average molecular weight is 872 g/mol. The molecule has 0 spiro atoms. The number of ether oxygens (including phenoxy) is 1. The number of aliphatic hydroxyl groups excluding tert-OH is 3. The van der Waals surface area contributed by atoms with Crippen LogP contribution in [0.1, 0.15) is 44.5 Å². The largest absolute Gasteiger partial charge is 1.00 e. The maximum atomic E-state index is 10.6. The second-order valence-corrected chi connectivity index (χ2v) is 9.49. The molecule has 0 aliphatic carbocycles. The van der Waals surface area contributed by atoms with Gasteiger partial charge in [-0.05, 0) is 51.3 Å². The van der Waals surface area contributed by atoms with Crippen LogP contribution in [0.5, 0.6) is 0 Å². The fourth-order valence-corrected chi connectivity index (χ4v) is 2.92. The maximum Gasteiger partial charge on any atom is 0.762 e. The van der Waals surface area contributed by atoms with Crippen molar-refractivity contribution in [2.75, 3.05) is 6.61 Å². The van der Waals surface area contributed by atoms with E-state index in [4.69, 9.17) is 25.6 Å². The third-order valence-corrected chi connectivity index (χ3v) is 5.47. The second kappa shape index (κ2) is 41.1. The molecule has 0 amide bonds. The summed E-state index contributed by atoms with van der Waals surface area (Å²) in [6.45, 7) is 10.2. The number of hydrogen-bond acceptors (Lipinski definition) is 6. The summed E-state index contributed by atoms with van der Waals surface area (Å²) in [5, 5.41) is 25.6. The number of nitrogens with one attached hydrogen (secondary N) is 1. The Labute approximate surface area is 336 Å². The Kier molecular flexibility index (Phi) is 51.6. The Hall–Kier alpha value is -2.31. The molecule has 4 rings (SSSR count). The predicted molar refractivity (Wildman–Crippen MR) is 172 cm³/mol. The van der Waals surface area contributed by atoms with Crippen LogP contribution < -0.4 is 10.2 Å². The summed E-state index contributed by atoms with van der Waals surface area (Å²) in [6.07, 6.45) is 0. The number of carbonyl (C=O) groups is 1. The van der Waals surface area contributed by atoms with E-state index in [2.05, 4.69) is 43.6 Å². The van der Waals surface area contributed by atoms with E-state index in [-0.39, 0.29) is 92.8 Å². The maximum absolute atomic E-state index is 10.6. The van der Waals surface area contributed by atoms with Gasteiger partial charge in [0.1, 0.15) is 13.2 Å². The Morgan fingerprint density at radius 2 is 0.760 bits per heavy atom. The van der Waals surface area contributed by atoms with Gasteiger partial charge in [0.25, 0.3) is 0 Å². The van der Waals surface area contributed by atoms with E-state index >= 15 is 0 Å². The number of carbonyl (C=O) groups excluding carboxylic acids is 1. The van der Waals surface area contributed by atoms with Crippen LogP contribution in [0, 0.1) is 40.1 Å². The van der Waals surface area contributed by atoms with Crippen LogP contribution >= 0.6 is 0 Å². The molecule has 0 heterocycles. The SMILES string of the molecule is Cc1ccc(C)cc1.Cc1ccc(CO)cc1.Cc1ccc(CO)cc1.Cc1ccc(COC(=O)CO)cc1.FB(F)F.N=[NH2+].[F-].[Fe].[Fe].[Fe].[Fe]. The summed E-state index contributed by atoms with van der Waals surface area (Å²) >= 11 is 0. The molecule has 4 aromatic rings. The molecule has 0 saturated carbocycles. The van der Waals surface area contributed by atoms with Crippen molar-refractivity contribution >= 4 is 13.5 Å². The quantitative estimate of drug-likeness (QED) is 0.0911. The zero-order chi connectivity index (χ0) is 34.6. The summed E-state index contributed by atoms with van der Waals surface area (Å²) in [5.74, 6) is -0.597. The number of nitrogens with two attached hydrogens (primary N) is 1. The number of rotatable bonds is 5. The minimum Gasteiger partial charge on any atom is -1.00 e. The summed E-state index contributed by atoms with van der Waals surface area (Å²) in [6, 6.07) is 31.8. The van der Waals surface area contributed by atoms with Crippen LogP contribution in [0.3, 0.4) is 0 Å². The first kappa shape index (κ1) is 62.8. The zero-order valence-corrected chi connectivity index (χ0v) is 32.7. The summed E-state index contributed by atoms with van der Waals surface area (Å²) in [7, 11) is -3.67. The van der Waals surface area contributed by atoms with Gasteiger partial charge < -0.3 is 24.8 Å². The predicted octanol–water partition coefficient (Wildman–Crippen LogP) is 2.96. The molecule has 0 unspecified atom stereocenters. The summed E-state index contributed by atoms with van der Waals surface area (Å²) in [4.78, 5) is 10.6. The third-order valence-electron chi connectivity index (χ3n) is 5.47. The molecule has 0 atom stereocenters. The molecule has 4 aromatic carbocycles. The fourth-order valence-electron chi connectivity index (χ4n) is 2.92.